The molecule has 2 amide bonds. The smallest absolute Gasteiger partial charge is 0.290 e. The van der Waals surface area contributed by atoms with E-state index in [0.717, 1.165) is 16.2 Å². The second-order valence-corrected chi connectivity index (χ2v) is 16.3. The number of ether oxygens (including phenoxy) is 1. The van der Waals surface area contributed by atoms with Crippen molar-refractivity contribution in [1.82, 2.24) is 9.62 Å². The van der Waals surface area contributed by atoms with Gasteiger partial charge in [0.1, 0.15) is 6.61 Å². The molecule has 1 aliphatic heterocycles. The molecule has 0 bridgehead atoms. The van der Waals surface area contributed by atoms with Crippen molar-refractivity contribution < 1.29 is 51.0 Å². The minimum atomic E-state index is -3.83. The molecule has 8 N–H and O–H groups in total. The van der Waals surface area contributed by atoms with E-state index in [1.54, 1.807) is 24.3 Å². The predicted molar refractivity (Wildman–Crippen MR) is 209 cm³/mol. The van der Waals surface area contributed by atoms with Gasteiger partial charge in [0.15, 0.2) is 0 Å². The van der Waals surface area contributed by atoms with Crippen LogP contribution in [0.5, 0.6) is 0 Å². The van der Waals surface area contributed by atoms with E-state index in [-0.39, 0.29) is 74.1 Å². The van der Waals surface area contributed by atoms with E-state index in [0.29, 0.717) is 28.7 Å². The minimum absolute atomic E-state index is 0.0119. The Kier molecular flexibility index (Phi) is 18.7. The number of hydrogen-bond donors (Lipinski definition) is 6. The fraction of sp³-hybridized carbons (Fsp3) is 0.333. The molecule has 302 valence electrons. The van der Waals surface area contributed by atoms with Crippen molar-refractivity contribution >= 4 is 85.1 Å². The molecular weight excluding hydrogens is 805 g/mol. The molecule has 0 spiro atoms. The normalized spacial score (nSPS) is 13.0. The van der Waals surface area contributed by atoms with Gasteiger partial charge in [-0.05, 0) is 60.2 Å². The van der Waals surface area contributed by atoms with Crippen molar-refractivity contribution in [3.05, 3.63) is 81.8 Å². The predicted octanol–water partition coefficient (Wildman–Crippen LogP) is 1.47. The molecule has 1 aliphatic rings. The largest absolute Gasteiger partial charge is 0.483 e. The summed E-state index contributed by atoms with van der Waals surface area (Å²) in [5, 5.41) is 20.1. The van der Waals surface area contributed by atoms with Crippen LogP contribution in [0.2, 0.25) is 10.0 Å². The van der Waals surface area contributed by atoms with Crippen molar-refractivity contribution in [3.8, 4) is 0 Å². The molecule has 18 nitrogen and oxygen atoms in total. The Bertz CT molecular complexity index is 1950. The van der Waals surface area contributed by atoms with Gasteiger partial charge in [-0.2, -0.15) is 4.31 Å². The van der Waals surface area contributed by atoms with E-state index < -0.39 is 38.0 Å². The zero-order valence-corrected chi connectivity index (χ0v) is 32.9. The lowest BCUT2D eigenvalue weighted by Gasteiger charge is -2.35. The molecule has 0 saturated carbocycles. The maximum absolute atomic E-state index is 13.5. The third kappa shape index (κ3) is 14.2. The zero-order valence-electron chi connectivity index (χ0n) is 29.8. The second-order valence-electron chi connectivity index (χ2n) is 11.5. The Hall–Kier alpha value is -4.54. The van der Waals surface area contributed by atoms with Crippen molar-refractivity contribution in [2.75, 3.05) is 73.7 Å². The Labute approximate surface area is 329 Å². The number of piperazine rings is 1. The third-order valence-corrected chi connectivity index (χ3v) is 11.3. The molecule has 0 aliphatic carbocycles. The van der Waals surface area contributed by atoms with Gasteiger partial charge in [-0.15, -0.1) is 0 Å². The van der Waals surface area contributed by atoms with Crippen LogP contribution in [-0.4, -0.2) is 121 Å². The number of carboxylic acid groups (broad SMARTS) is 2. The van der Waals surface area contributed by atoms with Crippen LogP contribution in [0, 0.1) is 0 Å². The van der Waals surface area contributed by atoms with Crippen LogP contribution in [0.1, 0.15) is 15.9 Å². The quantitative estimate of drug-likeness (QED) is 0.126. The molecular formula is C33H43Cl2N7O11S2. The first-order chi connectivity index (χ1) is 25.9. The fourth-order valence-corrected chi connectivity index (χ4v) is 7.43. The molecule has 55 heavy (non-hydrogen) atoms. The molecule has 0 aromatic heterocycles. The second kappa shape index (κ2) is 22.1. The van der Waals surface area contributed by atoms with Crippen LogP contribution in [0.4, 0.5) is 17.1 Å². The number of halogens is 2. The first kappa shape index (κ1) is 46.6. The number of nitrogens with two attached hydrogens (primary N) is 2. The molecule has 4 rings (SSSR count). The van der Waals surface area contributed by atoms with Crippen molar-refractivity contribution in [2.24, 2.45) is 11.5 Å². The average Bonchev–Trinajstić information content (AvgIpc) is 3.14. The summed E-state index contributed by atoms with van der Waals surface area (Å²) in [4.78, 5) is 44.6. The number of nitrogens with zero attached hydrogens (tertiary/aromatic N) is 3. The van der Waals surface area contributed by atoms with Gasteiger partial charge in [-0.25, -0.2) is 16.8 Å². The van der Waals surface area contributed by atoms with E-state index in [2.05, 4.69) is 10.6 Å². The van der Waals surface area contributed by atoms with Gasteiger partial charge >= 0.3 is 0 Å². The van der Waals surface area contributed by atoms with Crippen LogP contribution >= 0.6 is 23.2 Å². The highest BCUT2D eigenvalue weighted by Crippen LogP contribution is 2.28. The highest BCUT2D eigenvalue weighted by atomic mass is 35.5. The molecule has 3 aromatic carbocycles. The first-order valence-electron chi connectivity index (χ1n) is 16.1. The van der Waals surface area contributed by atoms with Gasteiger partial charge in [-0.1, -0.05) is 29.3 Å². The van der Waals surface area contributed by atoms with Gasteiger partial charge in [0.2, 0.25) is 26.0 Å². The number of sulfonamides is 2. The summed E-state index contributed by atoms with van der Waals surface area (Å²) in [7, 11) is -6.26. The molecule has 0 unspecified atom stereocenters. The Morgan fingerprint density at radius 1 is 0.909 bits per heavy atom. The molecule has 1 heterocycles. The fourth-order valence-electron chi connectivity index (χ4n) is 4.97. The van der Waals surface area contributed by atoms with Gasteiger partial charge in [0.05, 0.1) is 28.5 Å². The average molecular weight is 849 g/mol. The van der Waals surface area contributed by atoms with Gasteiger partial charge in [0, 0.05) is 74.3 Å². The van der Waals surface area contributed by atoms with Crippen LogP contribution < -0.4 is 31.3 Å². The highest BCUT2D eigenvalue weighted by molar-refractivity contribution is 7.92. The topological polar surface area (TPSA) is 272 Å². The number of amides is 2. The lowest BCUT2D eigenvalue weighted by Crippen LogP contribution is -2.48. The monoisotopic (exact) mass is 847 g/mol. The van der Waals surface area contributed by atoms with Gasteiger partial charge in [-0.3, -0.25) is 23.5 Å². The van der Waals surface area contributed by atoms with Crippen LogP contribution in [0.3, 0.4) is 0 Å². The molecule has 0 atom stereocenters. The van der Waals surface area contributed by atoms with E-state index >= 15 is 0 Å². The summed E-state index contributed by atoms with van der Waals surface area (Å²) >= 11 is 12.3. The zero-order chi connectivity index (χ0) is 41.3. The lowest BCUT2D eigenvalue weighted by molar-refractivity contribution is -0.127. The highest BCUT2D eigenvalue weighted by Gasteiger charge is 2.29. The van der Waals surface area contributed by atoms with E-state index in [9.17, 15) is 26.4 Å². The lowest BCUT2D eigenvalue weighted by atomic mass is 10.1. The minimum Gasteiger partial charge on any atom is -0.483 e. The summed E-state index contributed by atoms with van der Waals surface area (Å²) in [5.41, 5.74) is 12.8. The van der Waals surface area contributed by atoms with Gasteiger partial charge in [0.25, 0.3) is 18.9 Å². The summed E-state index contributed by atoms with van der Waals surface area (Å²) < 4.78 is 59.3. The number of carbonyl (C=O) groups is 4. The summed E-state index contributed by atoms with van der Waals surface area (Å²) in [6, 6.07) is 15.4. The Morgan fingerprint density at radius 3 is 1.96 bits per heavy atom. The first-order valence-corrected chi connectivity index (χ1v) is 20.1. The standard InChI is InChI=1S/C31H39Cl2N7O7S2.2CH2O2/c1-38(48(2,43)44)29-8-3-21(19-36-30(41)20-47-26(17-34)18-35)13-28(29)31(42)37-24-4-6-27(7-5-24)49(45,46)40-11-9-39(10-12-40)25-15-22(32)14-23(33)16-25;2*2-1-3/h3-8,13-16,26H,9-12,17-20,34-35H2,1-2H3,(H,36,41)(H,37,42);2*1H,(H,2,3). The Morgan fingerprint density at radius 2 is 1.45 bits per heavy atom. The number of anilines is 3. The third-order valence-electron chi connectivity index (χ3n) is 7.81. The molecule has 0 radical (unpaired) electrons. The van der Waals surface area contributed by atoms with Crippen molar-refractivity contribution in [1.29, 1.82) is 0 Å². The van der Waals surface area contributed by atoms with Gasteiger partial charge < -0.3 is 42.0 Å². The molecule has 1 saturated heterocycles. The number of rotatable bonds is 14. The SMILES string of the molecule is CN(c1ccc(CNC(=O)COC(CN)CN)cc1C(=O)Nc1ccc(S(=O)(=O)N2CCN(c3cc(Cl)cc(Cl)c3)CC2)cc1)S(C)(=O)=O.O=CO.O=CO. The van der Waals surface area contributed by atoms with E-state index in [1.165, 1.54) is 47.8 Å². The summed E-state index contributed by atoms with van der Waals surface area (Å²) in [6.45, 7) is 0.948. The number of benzene rings is 3. The van der Waals surface area contributed by atoms with Crippen LogP contribution in [0.15, 0.2) is 65.6 Å². The maximum atomic E-state index is 13.5. The van der Waals surface area contributed by atoms with Crippen molar-refractivity contribution in [3.63, 3.8) is 0 Å². The maximum Gasteiger partial charge on any atom is 0.290 e. The number of nitrogens with one attached hydrogen (secondary N) is 2. The van der Waals surface area contributed by atoms with E-state index in [4.69, 9.17) is 59.2 Å². The molecule has 3 aromatic rings. The number of hydrogen-bond acceptors (Lipinski definition) is 12. The van der Waals surface area contributed by atoms with Crippen LogP contribution in [-0.2, 0) is 45.7 Å². The Balaban J connectivity index is 0.00000163. The van der Waals surface area contributed by atoms with Crippen LogP contribution in [0.25, 0.3) is 0 Å². The van der Waals surface area contributed by atoms with E-state index in [1.807, 2.05) is 4.90 Å². The molecule has 22 heteroatoms. The summed E-state index contributed by atoms with van der Waals surface area (Å²) in [5.74, 6) is -1.08. The number of carbonyl (C=O) groups excluding carboxylic acids is 2. The van der Waals surface area contributed by atoms with Crippen molar-refractivity contribution in [2.45, 2.75) is 17.5 Å². The summed E-state index contributed by atoms with van der Waals surface area (Å²) in [6.07, 6.45) is 0.544. The molecule has 1 fully saturated rings.